The molecule has 1 amide bonds. The van der Waals surface area contributed by atoms with Crippen LogP contribution in [-0.4, -0.2) is 57.7 Å². The second-order valence-electron chi connectivity index (χ2n) is 5.90. The number of aliphatic hydroxyl groups is 1. The first-order valence-corrected chi connectivity index (χ1v) is 8.28. The lowest BCUT2D eigenvalue weighted by atomic mass is 10.1. The van der Waals surface area contributed by atoms with Gasteiger partial charge in [0.05, 0.1) is 32.0 Å². The summed E-state index contributed by atoms with van der Waals surface area (Å²) in [4.78, 5) is 16.8. The van der Waals surface area contributed by atoms with Crippen LogP contribution in [0.15, 0.2) is 30.6 Å². The van der Waals surface area contributed by atoms with E-state index in [4.69, 9.17) is 14.6 Å². The van der Waals surface area contributed by atoms with Gasteiger partial charge in [0, 0.05) is 18.5 Å². The number of amides is 1. The minimum atomic E-state index is -0.295. The van der Waals surface area contributed by atoms with Crippen molar-refractivity contribution < 1.29 is 19.4 Å². The van der Waals surface area contributed by atoms with Crippen molar-refractivity contribution in [2.24, 2.45) is 0 Å². The van der Waals surface area contributed by atoms with E-state index >= 15 is 0 Å². The molecular weight excluding hydrogens is 324 g/mol. The second kappa shape index (κ2) is 8.09. The molecule has 25 heavy (non-hydrogen) atoms. The van der Waals surface area contributed by atoms with Crippen molar-refractivity contribution in [2.75, 3.05) is 19.8 Å². The Bertz CT molecular complexity index is 701. The molecule has 0 saturated carbocycles. The number of hydrogen-bond acceptors (Lipinski definition) is 6. The van der Waals surface area contributed by atoms with Gasteiger partial charge in [0.25, 0.3) is 5.91 Å². The van der Waals surface area contributed by atoms with Gasteiger partial charge in [-0.15, -0.1) is 0 Å². The van der Waals surface area contributed by atoms with Gasteiger partial charge in [0.2, 0.25) is 0 Å². The van der Waals surface area contributed by atoms with Gasteiger partial charge < -0.3 is 19.9 Å². The lowest BCUT2D eigenvalue weighted by Gasteiger charge is -2.32. The number of ether oxygens (including phenoxy) is 2. The summed E-state index contributed by atoms with van der Waals surface area (Å²) < 4.78 is 12.9. The average molecular weight is 346 g/mol. The van der Waals surface area contributed by atoms with Crippen molar-refractivity contribution in [1.82, 2.24) is 20.1 Å². The summed E-state index contributed by atoms with van der Waals surface area (Å²) in [7, 11) is 0. The highest BCUT2D eigenvalue weighted by Crippen LogP contribution is 2.17. The molecule has 0 aromatic carbocycles. The normalized spacial score (nSPS) is 20.2. The molecule has 8 heteroatoms. The molecular formula is C17H22N4O4. The minimum absolute atomic E-state index is 0.0780. The number of aliphatic hydroxyl groups excluding tert-OH is 1. The predicted octanol–water partition coefficient (Wildman–Crippen LogP) is 0.545. The van der Waals surface area contributed by atoms with Crippen LogP contribution in [0, 0.1) is 6.92 Å². The van der Waals surface area contributed by atoms with Crippen LogP contribution in [0.3, 0.4) is 0 Å². The number of carbonyl (C=O) groups is 1. The Morgan fingerprint density at radius 1 is 1.48 bits per heavy atom. The van der Waals surface area contributed by atoms with Gasteiger partial charge in [0.15, 0.2) is 0 Å². The Labute approximate surface area is 145 Å². The molecule has 134 valence electrons. The van der Waals surface area contributed by atoms with E-state index in [-0.39, 0.29) is 31.2 Å². The third kappa shape index (κ3) is 4.34. The quantitative estimate of drug-likeness (QED) is 0.792. The fourth-order valence-corrected chi connectivity index (χ4v) is 2.73. The van der Waals surface area contributed by atoms with Crippen LogP contribution in [0.4, 0.5) is 0 Å². The van der Waals surface area contributed by atoms with Crippen molar-refractivity contribution in [2.45, 2.75) is 32.0 Å². The van der Waals surface area contributed by atoms with Crippen molar-refractivity contribution >= 4 is 5.91 Å². The summed E-state index contributed by atoms with van der Waals surface area (Å²) in [6.07, 6.45) is 3.57. The summed E-state index contributed by atoms with van der Waals surface area (Å²) in [5.74, 6) is 0.402. The zero-order valence-corrected chi connectivity index (χ0v) is 14.1. The molecule has 2 atom stereocenters. The summed E-state index contributed by atoms with van der Waals surface area (Å²) in [6, 6.07) is 5.18. The van der Waals surface area contributed by atoms with Crippen molar-refractivity contribution in [3.63, 3.8) is 0 Å². The maximum atomic E-state index is 12.6. The van der Waals surface area contributed by atoms with E-state index in [1.165, 1.54) is 4.68 Å². The zero-order chi connectivity index (χ0) is 17.6. The second-order valence-corrected chi connectivity index (χ2v) is 5.90. The molecule has 1 aliphatic heterocycles. The van der Waals surface area contributed by atoms with E-state index < -0.39 is 0 Å². The number of nitrogens with one attached hydrogen (secondary N) is 1. The molecule has 3 rings (SSSR count). The van der Waals surface area contributed by atoms with Crippen LogP contribution in [0.2, 0.25) is 0 Å². The van der Waals surface area contributed by atoms with Crippen LogP contribution in [0.1, 0.15) is 22.6 Å². The first-order valence-electron chi connectivity index (χ1n) is 8.28. The van der Waals surface area contributed by atoms with Gasteiger partial charge in [-0.05, 0) is 31.5 Å². The maximum absolute atomic E-state index is 12.6. The van der Waals surface area contributed by atoms with E-state index in [1.54, 1.807) is 18.5 Å². The molecule has 2 N–H and O–H groups in total. The summed E-state index contributed by atoms with van der Waals surface area (Å²) in [5, 5.41) is 16.1. The molecule has 0 unspecified atom stereocenters. The Hall–Kier alpha value is -2.45. The van der Waals surface area contributed by atoms with Gasteiger partial charge >= 0.3 is 0 Å². The van der Waals surface area contributed by atoms with Crippen LogP contribution < -0.4 is 10.1 Å². The predicted molar refractivity (Wildman–Crippen MR) is 89.4 cm³/mol. The number of carbonyl (C=O) groups excluding carboxylic acids is 1. The Kier molecular flexibility index (Phi) is 5.62. The minimum Gasteiger partial charge on any atom is -0.484 e. The lowest BCUT2D eigenvalue weighted by Crippen LogP contribution is -2.51. The van der Waals surface area contributed by atoms with Crippen LogP contribution >= 0.6 is 0 Å². The standard InChI is InChI=1S/C17H22N4O4/c1-12-2-3-13(10-18-12)25-16-11-24-9-5-14(16)20-17(23)15-4-6-19-21(15)7-8-22/h2-4,6,10,14,16,22H,5,7-9,11H2,1H3,(H,20,23)/t14-,16+/m1/s1. The molecule has 0 bridgehead atoms. The highest BCUT2D eigenvalue weighted by Gasteiger charge is 2.30. The molecule has 8 nitrogen and oxygen atoms in total. The average Bonchev–Trinajstić information content (AvgIpc) is 3.07. The number of nitrogens with zero attached hydrogens (tertiary/aromatic N) is 3. The van der Waals surface area contributed by atoms with Crippen molar-refractivity contribution in [1.29, 1.82) is 0 Å². The zero-order valence-electron chi connectivity index (χ0n) is 14.1. The molecule has 3 heterocycles. The summed E-state index contributed by atoms with van der Waals surface area (Å²) in [5.41, 5.74) is 1.32. The molecule has 0 aliphatic carbocycles. The van der Waals surface area contributed by atoms with Crippen molar-refractivity contribution in [3.8, 4) is 5.75 Å². The Morgan fingerprint density at radius 2 is 2.36 bits per heavy atom. The van der Waals surface area contributed by atoms with Gasteiger partial charge in [-0.1, -0.05) is 0 Å². The SMILES string of the molecule is Cc1ccc(O[C@H]2COCC[C@H]2NC(=O)c2ccnn2CCO)cn1. The van der Waals surface area contributed by atoms with E-state index in [1.807, 2.05) is 19.1 Å². The van der Waals surface area contributed by atoms with Crippen LogP contribution in [0.25, 0.3) is 0 Å². The molecule has 0 radical (unpaired) electrons. The highest BCUT2D eigenvalue weighted by molar-refractivity contribution is 5.92. The third-order valence-corrected chi connectivity index (χ3v) is 4.05. The molecule has 1 fully saturated rings. The third-order valence-electron chi connectivity index (χ3n) is 4.05. The van der Waals surface area contributed by atoms with Crippen LogP contribution in [0.5, 0.6) is 5.75 Å². The van der Waals surface area contributed by atoms with E-state index in [2.05, 4.69) is 15.4 Å². The van der Waals surface area contributed by atoms with Gasteiger partial charge in [-0.2, -0.15) is 5.10 Å². The van der Waals surface area contributed by atoms with Gasteiger partial charge in [-0.3, -0.25) is 14.5 Å². The summed E-state index contributed by atoms with van der Waals surface area (Å²) in [6.45, 7) is 3.07. The molecule has 0 spiro atoms. The number of aromatic nitrogens is 3. The fourth-order valence-electron chi connectivity index (χ4n) is 2.73. The lowest BCUT2D eigenvalue weighted by molar-refractivity contribution is -0.0137. The van der Waals surface area contributed by atoms with E-state index in [0.29, 0.717) is 31.1 Å². The topological polar surface area (TPSA) is 98.5 Å². The number of rotatable bonds is 6. The number of hydrogen-bond donors (Lipinski definition) is 2. The molecule has 1 saturated heterocycles. The van der Waals surface area contributed by atoms with E-state index in [9.17, 15) is 4.79 Å². The van der Waals surface area contributed by atoms with E-state index in [0.717, 1.165) is 5.69 Å². The first-order chi connectivity index (χ1) is 12.2. The monoisotopic (exact) mass is 346 g/mol. The Balaban J connectivity index is 1.67. The first kappa shape index (κ1) is 17.4. The molecule has 2 aromatic heterocycles. The summed E-state index contributed by atoms with van der Waals surface area (Å²) >= 11 is 0. The van der Waals surface area contributed by atoms with Gasteiger partial charge in [-0.25, -0.2) is 0 Å². The fraction of sp³-hybridized carbons (Fsp3) is 0.471. The smallest absolute Gasteiger partial charge is 0.269 e. The van der Waals surface area contributed by atoms with Crippen molar-refractivity contribution in [3.05, 3.63) is 42.0 Å². The van der Waals surface area contributed by atoms with Crippen LogP contribution in [-0.2, 0) is 11.3 Å². The largest absolute Gasteiger partial charge is 0.484 e. The number of pyridine rings is 1. The molecule has 2 aromatic rings. The maximum Gasteiger partial charge on any atom is 0.269 e. The highest BCUT2D eigenvalue weighted by atomic mass is 16.5. The molecule has 1 aliphatic rings. The number of aryl methyl sites for hydroxylation is 1. The Morgan fingerprint density at radius 3 is 3.12 bits per heavy atom. The van der Waals surface area contributed by atoms with Gasteiger partial charge in [0.1, 0.15) is 17.5 Å².